The van der Waals surface area contributed by atoms with Gasteiger partial charge >= 0.3 is 0 Å². The molecule has 18 heavy (non-hydrogen) atoms. The summed E-state index contributed by atoms with van der Waals surface area (Å²) < 4.78 is 0. The van der Waals surface area contributed by atoms with E-state index in [-0.39, 0.29) is 11.9 Å². The number of aromatic nitrogens is 3. The molecule has 1 N–H and O–H groups in total. The van der Waals surface area contributed by atoms with Gasteiger partial charge in [-0.25, -0.2) is 4.98 Å². The van der Waals surface area contributed by atoms with Crippen LogP contribution in [0.25, 0.3) is 0 Å². The van der Waals surface area contributed by atoms with Crippen LogP contribution in [-0.2, 0) is 0 Å². The molecule has 1 amide bonds. The number of aromatic amines is 1. The van der Waals surface area contributed by atoms with E-state index < -0.39 is 0 Å². The quantitative estimate of drug-likeness (QED) is 0.873. The molecule has 0 aliphatic carbocycles. The predicted octanol–water partition coefficient (Wildman–Crippen LogP) is 1.78. The maximum absolute atomic E-state index is 12.3. The van der Waals surface area contributed by atoms with Crippen LogP contribution in [0.2, 0.25) is 0 Å². The average Bonchev–Trinajstić information content (AvgIpc) is 3.10. The van der Waals surface area contributed by atoms with Crippen molar-refractivity contribution in [2.45, 2.75) is 18.9 Å². The van der Waals surface area contributed by atoms with Gasteiger partial charge in [0.05, 0.1) is 6.04 Å². The Morgan fingerprint density at radius 1 is 1.33 bits per heavy atom. The van der Waals surface area contributed by atoms with Crippen LogP contribution in [0.4, 0.5) is 0 Å². The molecule has 2 heterocycles. The van der Waals surface area contributed by atoms with Crippen LogP contribution >= 0.6 is 0 Å². The topological polar surface area (TPSA) is 61.9 Å². The highest BCUT2D eigenvalue weighted by molar-refractivity contribution is 5.90. The summed E-state index contributed by atoms with van der Waals surface area (Å²) in [7, 11) is 0. The lowest BCUT2D eigenvalue weighted by Crippen LogP contribution is -2.31. The Morgan fingerprint density at radius 2 is 2.17 bits per heavy atom. The fourth-order valence-electron chi connectivity index (χ4n) is 2.48. The van der Waals surface area contributed by atoms with Crippen molar-refractivity contribution in [1.82, 2.24) is 20.1 Å². The van der Waals surface area contributed by atoms with Gasteiger partial charge in [-0.2, -0.15) is 5.10 Å². The molecule has 1 aliphatic heterocycles. The van der Waals surface area contributed by atoms with Gasteiger partial charge in [0, 0.05) is 6.54 Å². The predicted molar refractivity (Wildman–Crippen MR) is 65.8 cm³/mol. The third-order valence-corrected chi connectivity index (χ3v) is 3.32. The van der Waals surface area contributed by atoms with E-state index >= 15 is 0 Å². The van der Waals surface area contributed by atoms with E-state index in [2.05, 4.69) is 27.3 Å². The molecule has 2 aromatic rings. The summed E-state index contributed by atoms with van der Waals surface area (Å²) in [4.78, 5) is 18.1. The van der Waals surface area contributed by atoms with E-state index in [1.54, 1.807) is 0 Å². The Morgan fingerprint density at radius 3 is 2.89 bits per heavy atom. The fourth-order valence-corrected chi connectivity index (χ4v) is 2.48. The molecule has 92 valence electrons. The van der Waals surface area contributed by atoms with Gasteiger partial charge in [-0.3, -0.25) is 9.89 Å². The van der Waals surface area contributed by atoms with E-state index in [0.29, 0.717) is 5.82 Å². The van der Waals surface area contributed by atoms with Crippen LogP contribution < -0.4 is 0 Å². The molecule has 5 heteroatoms. The Bertz CT molecular complexity index is 523. The monoisotopic (exact) mass is 242 g/mol. The molecule has 0 spiro atoms. The van der Waals surface area contributed by atoms with Crippen LogP contribution in [0.15, 0.2) is 36.7 Å². The molecular formula is C13H14N4O. The molecule has 1 aliphatic rings. The zero-order valence-corrected chi connectivity index (χ0v) is 9.91. The number of carbonyl (C=O) groups excluding carboxylic acids is 1. The Kier molecular flexibility index (Phi) is 2.80. The van der Waals surface area contributed by atoms with Gasteiger partial charge < -0.3 is 4.90 Å². The summed E-state index contributed by atoms with van der Waals surface area (Å²) in [6, 6.07) is 10.3. The zero-order chi connectivity index (χ0) is 12.4. The second kappa shape index (κ2) is 4.60. The first-order valence-electron chi connectivity index (χ1n) is 6.07. The molecule has 0 radical (unpaired) electrons. The lowest BCUT2D eigenvalue weighted by molar-refractivity contribution is 0.0723. The smallest absolute Gasteiger partial charge is 0.291 e. The van der Waals surface area contributed by atoms with Gasteiger partial charge in [0.1, 0.15) is 6.33 Å². The highest BCUT2D eigenvalue weighted by atomic mass is 16.2. The number of nitrogens with zero attached hydrogens (tertiary/aromatic N) is 3. The van der Waals surface area contributed by atoms with E-state index in [0.717, 1.165) is 19.4 Å². The molecule has 1 atom stereocenters. The summed E-state index contributed by atoms with van der Waals surface area (Å²) in [5.41, 5.74) is 1.18. The van der Waals surface area contributed by atoms with Gasteiger partial charge in [-0.05, 0) is 18.4 Å². The van der Waals surface area contributed by atoms with Gasteiger partial charge in [0.15, 0.2) is 0 Å². The summed E-state index contributed by atoms with van der Waals surface area (Å²) in [6.07, 6.45) is 3.39. The van der Waals surface area contributed by atoms with Crippen LogP contribution in [-0.4, -0.2) is 32.5 Å². The van der Waals surface area contributed by atoms with Crippen molar-refractivity contribution in [3.8, 4) is 0 Å². The maximum atomic E-state index is 12.3. The third kappa shape index (κ3) is 1.88. The van der Waals surface area contributed by atoms with Crippen LogP contribution in [0, 0.1) is 0 Å². The van der Waals surface area contributed by atoms with Crippen molar-refractivity contribution >= 4 is 5.91 Å². The van der Waals surface area contributed by atoms with Gasteiger partial charge in [0.2, 0.25) is 5.82 Å². The normalized spacial score (nSPS) is 19.1. The maximum Gasteiger partial charge on any atom is 0.291 e. The fraction of sp³-hybridized carbons (Fsp3) is 0.308. The minimum absolute atomic E-state index is 0.0705. The van der Waals surface area contributed by atoms with Crippen LogP contribution in [0.3, 0.4) is 0 Å². The van der Waals surface area contributed by atoms with Gasteiger partial charge in [0.25, 0.3) is 5.91 Å². The number of likely N-dealkylation sites (tertiary alicyclic amines) is 1. The summed E-state index contributed by atoms with van der Waals surface area (Å²) >= 11 is 0. The molecule has 1 aromatic carbocycles. The third-order valence-electron chi connectivity index (χ3n) is 3.32. The average molecular weight is 242 g/mol. The molecule has 1 aromatic heterocycles. The summed E-state index contributed by atoms with van der Waals surface area (Å²) in [5.74, 6) is 0.247. The first-order valence-corrected chi connectivity index (χ1v) is 6.07. The van der Waals surface area contributed by atoms with Crippen molar-refractivity contribution in [2.24, 2.45) is 0 Å². The van der Waals surface area contributed by atoms with E-state index in [4.69, 9.17) is 0 Å². The molecule has 0 saturated carbocycles. The van der Waals surface area contributed by atoms with E-state index in [9.17, 15) is 4.79 Å². The molecule has 5 nitrogen and oxygen atoms in total. The van der Waals surface area contributed by atoms with Crippen LogP contribution in [0.5, 0.6) is 0 Å². The Hall–Kier alpha value is -2.17. The zero-order valence-electron chi connectivity index (χ0n) is 9.91. The van der Waals surface area contributed by atoms with Crippen molar-refractivity contribution in [3.63, 3.8) is 0 Å². The van der Waals surface area contributed by atoms with Crippen molar-refractivity contribution in [1.29, 1.82) is 0 Å². The molecule has 1 unspecified atom stereocenters. The number of H-pyrrole nitrogens is 1. The second-order valence-electron chi connectivity index (χ2n) is 4.40. The lowest BCUT2D eigenvalue weighted by atomic mass is 10.0. The lowest BCUT2D eigenvalue weighted by Gasteiger charge is -2.23. The number of benzene rings is 1. The largest absolute Gasteiger partial charge is 0.329 e. The molecule has 0 bridgehead atoms. The van der Waals surface area contributed by atoms with E-state index in [1.807, 2.05) is 23.1 Å². The summed E-state index contributed by atoms with van der Waals surface area (Å²) in [6.45, 7) is 0.777. The Balaban J connectivity index is 1.86. The molecule has 3 rings (SSSR count). The minimum Gasteiger partial charge on any atom is -0.329 e. The van der Waals surface area contributed by atoms with Gasteiger partial charge in [-0.1, -0.05) is 30.3 Å². The number of carbonyl (C=O) groups is 1. The minimum atomic E-state index is -0.0705. The van der Waals surface area contributed by atoms with Crippen molar-refractivity contribution < 1.29 is 4.79 Å². The highest BCUT2D eigenvalue weighted by Crippen LogP contribution is 2.32. The molecule has 1 saturated heterocycles. The SMILES string of the molecule is O=C(c1ncn[nH]1)N1CCCC1c1ccccc1. The molecule has 1 fully saturated rings. The first kappa shape index (κ1) is 11.0. The first-order chi connectivity index (χ1) is 8.86. The van der Waals surface area contributed by atoms with Crippen molar-refractivity contribution in [2.75, 3.05) is 6.54 Å². The number of amides is 1. The van der Waals surface area contributed by atoms with Crippen molar-refractivity contribution in [3.05, 3.63) is 48.0 Å². The summed E-state index contributed by atoms with van der Waals surface area (Å²) in [5, 5.41) is 6.36. The van der Waals surface area contributed by atoms with E-state index in [1.165, 1.54) is 11.9 Å². The number of hydrogen-bond donors (Lipinski definition) is 1. The Labute approximate surface area is 105 Å². The number of hydrogen-bond acceptors (Lipinski definition) is 3. The highest BCUT2D eigenvalue weighted by Gasteiger charge is 2.31. The van der Waals surface area contributed by atoms with Gasteiger partial charge in [-0.15, -0.1) is 0 Å². The number of nitrogens with one attached hydrogen (secondary N) is 1. The molecular weight excluding hydrogens is 228 g/mol. The number of rotatable bonds is 2. The second-order valence-corrected chi connectivity index (χ2v) is 4.40. The van der Waals surface area contributed by atoms with Crippen LogP contribution in [0.1, 0.15) is 35.1 Å². The standard InChI is InChI=1S/C13H14N4O/c18-13(12-14-9-15-16-12)17-8-4-7-11(17)10-5-2-1-3-6-10/h1-3,5-6,9,11H,4,7-8H2,(H,14,15,16).